The van der Waals surface area contributed by atoms with Crippen molar-refractivity contribution in [3.05, 3.63) is 23.9 Å². The van der Waals surface area contributed by atoms with Gasteiger partial charge in [-0.1, -0.05) is 26.8 Å². The molecule has 0 aromatic carbocycles. The normalized spacial score (nSPS) is 21.0. The van der Waals surface area contributed by atoms with Gasteiger partial charge in [-0.05, 0) is 62.2 Å². The summed E-state index contributed by atoms with van der Waals surface area (Å²) < 4.78 is 0. The Morgan fingerprint density at radius 3 is 2.67 bits per heavy atom. The molecule has 1 saturated heterocycles. The van der Waals surface area contributed by atoms with E-state index >= 15 is 0 Å². The highest BCUT2D eigenvalue weighted by Crippen LogP contribution is 2.34. The summed E-state index contributed by atoms with van der Waals surface area (Å²) in [4.78, 5) is 7.07. The van der Waals surface area contributed by atoms with E-state index in [1.807, 2.05) is 6.20 Å². The first-order valence-corrected chi connectivity index (χ1v) is 8.40. The zero-order chi connectivity index (χ0) is 15.3. The van der Waals surface area contributed by atoms with Gasteiger partial charge in [0, 0.05) is 19.3 Å². The molecule has 1 unspecified atom stereocenters. The van der Waals surface area contributed by atoms with E-state index in [1.54, 1.807) is 0 Å². The minimum absolute atomic E-state index is 0.449. The van der Waals surface area contributed by atoms with Gasteiger partial charge in [0.25, 0.3) is 0 Å². The summed E-state index contributed by atoms with van der Waals surface area (Å²) in [6.07, 6.45) is 6.04. The molecule has 0 saturated carbocycles. The average Bonchev–Trinajstić information content (AvgIpc) is 2.66. The minimum atomic E-state index is 0.449. The Labute approximate surface area is 130 Å². The Morgan fingerprint density at radius 2 is 2.05 bits per heavy atom. The highest BCUT2D eigenvalue weighted by atomic mass is 15.1. The molecule has 0 bridgehead atoms. The fourth-order valence-electron chi connectivity index (χ4n) is 3.24. The molecule has 0 aliphatic carbocycles. The van der Waals surface area contributed by atoms with Crippen LogP contribution in [0.2, 0.25) is 0 Å². The largest absolute Gasteiger partial charge is 0.370 e. The Balaban J connectivity index is 1.88. The summed E-state index contributed by atoms with van der Waals surface area (Å²) in [5.74, 6) is 1.83. The molecule has 2 heterocycles. The monoisotopic (exact) mass is 289 g/mol. The Morgan fingerprint density at radius 1 is 1.24 bits per heavy atom. The van der Waals surface area contributed by atoms with Crippen molar-refractivity contribution in [3.63, 3.8) is 0 Å². The summed E-state index contributed by atoms with van der Waals surface area (Å²) in [6.45, 7) is 13.7. The second-order valence-corrected chi connectivity index (χ2v) is 7.35. The zero-order valence-corrected chi connectivity index (χ0v) is 14.2. The van der Waals surface area contributed by atoms with Gasteiger partial charge in [0.1, 0.15) is 5.82 Å². The van der Waals surface area contributed by atoms with E-state index in [-0.39, 0.29) is 0 Å². The number of aromatic nitrogens is 1. The summed E-state index contributed by atoms with van der Waals surface area (Å²) in [5.41, 5.74) is 1.77. The summed E-state index contributed by atoms with van der Waals surface area (Å²) >= 11 is 0. The molecule has 118 valence electrons. The molecule has 1 N–H and O–H groups in total. The van der Waals surface area contributed by atoms with Crippen molar-refractivity contribution in [2.24, 2.45) is 11.3 Å². The number of hydrogen-bond acceptors (Lipinski definition) is 3. The van der Waals surface area contributed by atoms with E-state index in [0.717, 1.165) is 24.8 Å². The van der Waals surface area contributed by atoms with Gasteiger partial charge in [-0.2, -0.15) is 0 Å². The van der Waals surface area contributed by atoms with Crippen LogP contribution < -0.4 is 5.32 Å². The molecule has 0 spiro atoms. The van der Waals surface area contributed by atoms with Gasteiger partial charge in [0.05, 0.1) is 0 Å². The van der Waals surface area contributed by atoms with Gasteiger partial charge < -0.3 is 5.32 Å². The Hall–Kier alpha value is -1.09. The molecule has 3 nitrogen and oxygen atoms in total. The molecule has 1 aliphatic rings. The first kappa shape index (κ1) is 16.3. The van der Waals surface area contributed by atoms with E-state index in [1.165, 1.54) is 37.9 Å². The molecule has 0 amide bonds. The predicted molar refractivity (Wildman–Crippen MR) is 90.5 cm³/mol. The first-order valence-electron chi connectivity index (χ1n) is 8.40. The summed E-state index contributed by atoms with van der Waals surface area (Å²) in [5, 5.41) is 3.25. The third kappa shape index (κ3) is 4.99. The van der Waals surface area contributed by atoms with Crippen LogP contribution in [0.5, 0.6) is 0 Å². The van der Waals surface area contributed by atoms with Gasteiger partial charge in [-0.25, -0.2) is 4.98 Å². The lowest BCUT2D eigenvalue weighted by atomic mass is 9.77. The molecule has 1 aliphatic heterocycles. The number of nitrogens with zero attached hydrogens (tertiary/aromatic N) is 2. The second kappa shape index (κ2) is 7.26. The van der Waals surface area contributed by atoms with Crippen molar-refractivity contribution < 1.29 is 0 Å². The molecule has 1 fully saturated rings. The first-order chi connectivity index (χ1) is 9.99. The number of hydrogen-bond donors (Lipinski definition) is 1. The zero-order valence-electron chi connectivity index (χ0n) is 14.2. The predicted octanol–water partition coefficient (Wildman–Crippen LogP) is 4.16. The molecular weight excluding hydrogens is 258 g/mol. The highest BCUT2D eigenvalue weighted by Gasteiger charge is 2.26. The van der Waals surface area contributed by atoms with Crippen LogP contribution in [0.25, 0.3) is 0 Å². The molecule has 1 atom stereocenters. The van der Waals surface area contributed by atoms with Crippen LogP contribution in [0.4, 0.5) is 5.82 Å². The smallest absolute Gasteiger partial charge is 0.125 e. The van der Waals surface area contributed by atoms with Crippen LogP contribution in [0, 0.1) is 11.3 Å². The van der Waals surface area contributed by atoms with Crippen LogP contribution >= 0.6 is 0 Å². The van der Waals surface area contributed by atoms with Crippen molar-refractivity contribution >= 4 is 5.82 Å². The van der Waals surface area contributed by atoms with Crippen LogP contribution in [-0.4, -0.2) is 29.5 Å². The molecule has 21 heavy (non-hydrogen) atoms. The van der Waals surface area contributed by atoms with Crippen LogP contribution in [0.3, 0.4) is 0 Å². The standard InChI is InChI=1S/C18H31N3/c1-5-19-17-9-8-15(13-20-17)14-21-11-6-7-16(10-12-21)18(2,3)4/h8-9,13,16H,5-7,10-12,14H2,1-4H3,(H,19,20). The van der Waals surface area contributed by atoms with E-state index in [9.17, 15) is 0 Å². The third-order valence-corrected chi connectivity index (χ3v) is 4.63. The van der Waals surface area contributed by atoms with Crippen molar-refractivity contribution in [1.29, 1.82) is 0 Å². The quantitative estimate of drug-likeness (QED) is 0.902. The molecular formula is C18H31N3. The lowest BCUT2D eigenvalue weighted by molar-refractivity contribution is 0.206. The number of nitrogens with one attached hydrogen (secondary N) is 1. The SMILES string of the molecule is CCNc1ccc(CN2CCCC(C(C)(C)C)CC2)cn1. The maximum Gasteiger partial charge on any atom is 0.125 e. The van der Waals surface area contributed by atoms with Gasteiger partial charge in [0.2, 0.25) is 0 Å². The van der Waals surface area contributed by atoms with Crippen molar-refractivity contribution in [2.75, 3.05) is 25.0 Å². The van der Waals surface area contributed by atoms with Crippen molar-refractivity contribution in [2.45, 2.75) is 53.5 Å². The minimum Gasteiger partial charge on any atom is -0.370 e. The van der Waals surface area contributed by atoms with Gasteiger partial charge in [-0.3, -0.25) is 4.90 Å². The Kier molecular flexibility index (Phi) is 5.63. The van der Waals surface area contributed by atoms with Crippen LogP contribution in [-0.2, 0) is 6.54 Å². The fraction of sp³-hybridized carbons (Fsp3) is 0.722. The van der Waals surface area contributed by atoms with Crippen molar-refractivity contribution in [3.8, 4) is 0 Å². The lowest BCUT2D eigenvalue weighted by Crippen LogP contribution is -2.26. The number of anilines is 1. The molecule has 3 heteroatoms. The van der Waals surface area contributed by atoms with E-state index in [0.29, 0.717) is 5.41 Å². The maximum absolute atomic E-state index is 4.47. The van der Waals surface area contributed by atoms with E-state index in [2.05, 4.69) is 55.0 Å². The average molecular weight is 289 g/mol. The second-order valence-electron chi connectivity index (χ2n) is 7.35. The molecule has 0 radical (unpaired) electrons. The summed E-state index contributed by atoms with van der Waals surface area (Å²) in [7, 11) is 0. The molecule has 1 aromatic rings. The van der Waals surface area contributed by atoms with Gasteiger partial charge >= 0.3 is 0 Å². The number of likely N-dealkylation sites (tertiary alicyclic amines) is 1. The van der Waals surface area contributed by atoms with Crippen molar-refractivity contribution in [1.82, 2.24) is 9.88 Å². The molecule has 2 rings (SSSR count). The van der Waals surface area contributed by atoms with Gasteiger partial charge in [0.15, 0.2) is 0 Å². The fourth-order valence-corrected chi connectivity index (χ4v) is 3.24. The number of pyridine rings is 1. The third-order valence-electron chi connectivity index (χ3n) is 4.63. The van der Waals surface area contributed by atoms with Crippen LogP contribution in [0.15, 0.2) is 18.3 Å². The highest BCUT2D eigenvalue weighted by molar-refractivity contribution is 5.35. The van der Waals surface area contributed by atoms with Crippen LogP contribution in [0.1, 0.15) is 52.5 Å². The molecule has 1 aromatic heterocycles. The Bertz CT molecular complexity index is 419. The topological polar surface area (TPSA) is 28.2 Å². The lowest BCUT2D eigenvalue weighted by Gasteiger charge is -2.29. The summed E-state index contributed by atoms with van der Waals surface area (Å²) in [6, 6.07) is 4.30. The van der Waals surface area contributed by atoms with Gasteiger partial charge in [-0.15, -0.1) is 0 Å². The van der Waals surface area contributed by atoms with E-state index in [4.69, 9.17) is 0 Å². The van der Waals surface area contributed by atoms with E-state index < -0.39 is 0 Å². The number of rotatable bonds is 4. The maximum atomic E-state index is 4.47.